The van der Waals surface area contributed by atoms with Crippen molar-refractivity contribution in [2.75, 3.05) is 6.61 Å². The Balaban J connectivity index is 1.85. The van der Waals surface area contributed by atoms with Gasteiger partial charge in [0, 0.05) is 13.0 Å². The highest BCUT2D eigenvalue weighted by atomic mass is 32.1. The first-order valence-electron chi connectivity index (χ1n) is 5.78. The number of ether oxygens (including phenoxy) is 1. The van der Waals surface area contributed by atoms with Crippen molar-refractivity contribution < 1.29 is 14.6 Å². The Morgan fingerprint density at radius 1 is 1.56 bits per heavy atom. The van der Waals surface area contributed by atoms with Crippen LogP contribution in [0.4, 0.5) is 0 Å². The van der Waals surface area contributed by atoms with E-state index in [1.54, 1.807) is 4.52 Å². The smallest absolute Gasteiger partial charge is 0.303 e. The van der Waals surface area contributed by atoms with Crippen molar-refractivity contribution >= 4 is 22.3 Å². The molecule has 1 fully saturated rings. The highest BCUT2D eigenvalue weighted by Crippen LogP contribution is 2.28. The van der Waals surface area contributed by atoms with Crippen LogP contribution in [0.3, 0.4) is 0 Å². The minimum atomic E-state index is -0.819. The third kappa shape index (κ3) is 2.08. The summed E-state index contributed by atoms with van der Waals surface area (Å²) in [6.07, 6.45) is 2.43. The molecular weight excluding hydrogens is 256 g/mol. The van der Waals surface area contributed by atoms with Crippen LogP contribution in [0.1, 0.15) is 36.2 Å². The van der Waals surface area contributed by atoms with E-state index in [1.807, 2.05) is 0 Å². The number of nitrogens with zero attached hydrogens (tertiary/aromatic N) is 4. The second-order valence-corrected chi connectivity index (χ2v) is 5.18. The molecule has 0 aromatic carbocycles. The van der Waals surface area contributed by atoms with Crippen LogP contribution < -0.4 is 0 Å². The SMILES string of the molecule is O=C(O)CCc1nn2c(C3CCCO3)nnc2s1. The van der Waals surface area contributed by atoms with E-state index in [1.165, 1.54) is 11.3 Å². The molecule has 2 aromatic heterocycles. The van der Waals surface area contributed by atoms with E-state index in [0.717, 1.165) is 30.3 Å². The van der Waals surface area contributed by atoms with Gasteiger partial charge in [-0.2, -0.15) is 9.61 Å². The zero-order valence-corrected chi connectivity index (χ0v) is 10.4. The molecule has 3 rings (SSSR count). The predicted molar refractivity (Wildman–Crippen MR) is 62.5 cm³/mol. The molecule has 8 heteroatoms. The molecule has 1 atom stereocenters. The van der Waals surface area contributed by atoms with Gasteiger partial charge < -0.3 is 9.84 Å². The van der Waals surface area contributed by atoms with Crippen LogP contribution in [-0.4, -0.2) is 37.5 Å². The fourth-order valence-corrected chi connectivity index (χ4v) is 2.81. The number of aryl methyl sites for hydroxylation is 1. The molecule has 18 heavy (non-hydrogen) atoms. The lowest BCUT2D eigenvalue weighted by Gasteiger charge is -2.03. The van der Waals surface area contributed by atoms with Gasteiger partial charge in [0.1, 0.15) is 11.1 Å². The molecule has 0 spiro atoms. The summed E-state index contributed by atoms with van der Waals surface area (Å²) in [4.78, 5) is 11.2. The minimum Gasteiger partial charge on any atom is -0.481 e. The van der Waals surface area contributed by atoms with Crippen LogP contribution in [0, 0.1) is 0 Å². The lowest BCUT2D eigenvalue weighted by atomic mass is 10.2. The third-order valence-electron chi connectivity index (χ3n) is 2.83. The summed E-state index contributed by atoms with van der Waals surface area (Å²) in [6.45, 7) is 0.746. The highest BCUT2D eigenvalue weighted by Gasteiger charge is 2.24. The Kier molecular flexibility index (Phi) is 2.96. The summed E-state index contributed by atoms with van der Waals surface area (Å²) in [5.41, 5.74) is 0. The van der Waals surface area contributed by atoms with Crippen LogP contribution in [0.2, 0.25) is 0 Å². The molecule has 7 nitrogen and oxygen atoms in total. The number of hydrogen-bond acceptors (Lipinski definition) is 6. The zero-order valence-electron chi connectivity index (χ0n) is 9.57. The fraction of sp³-hybridized carbons (Fsp3) is 0.600. The minimum absolute atomic E-state index is 0.0329. The maximum absolute atomic E-state index is 10.5. The fourth-order valence-electron chi connectivity index (χ4n) is 1.97. The van der Waals surface area contributed by atoms with E-state index in [-0.39, 0.29) is 12.5 Å². The van der Waals surface area contributed by atoms with Crippen LogP contribution in [0.25, 0.3) is 4.96 Å². The third-order valence-corrected chi connectivity index (χ3v) is 3.79. The average molecular weight is 268 g/mol. The molecule has 1 aliphatic rings. The molecule has 2 aromatic rings. The Hall–Kier alpha value is -1.54. The number of hydrogen-bond donors (Lipinski definition) is 1. The van der Waals surface area contributed by atoms with E-state index in [2.05, 4.69) is 15.3 Å². The summed E-state index contributed by atoms with van der Waals surface area (Å²) in [5.74, 6) is -0.0966. The summed E-state index contributed by atoms with van der Waals surface area (Å²) in [6, 6.07) is 0. The van der Waals surface area contributed by atoms with Crippen LogP contribution >= 0.6 is 11.3 Å². The van der Waals surface area contributed by atoms with E-state index in [9.17, 15) is 4.79 Å². The van der Waals surface area contributed by atoms with Gasteiger partial charge in [0.2, 0.25) is 4.96 Å². The van der Waals surface area contributed by atoms with Crippen molar-refractivity contribution in [3.05, 3.63) is 10.8 Å². The summed E-state index contributed by atoms with van der Waals surface area (Å²) in [5, 5.41) is 21.9. The zero-order chi connectivity index (χ0) is 12.5. The molecule has 0 saturated carbocycles. The second kappa shape index (κ2) is 4.62. The molecule has 96 valence electrons. The van der Waals surface area contributed by atoms with Crippen molar-refractivity contribution in [1.82, 2.24) is 19.8 Å². The van der Waals surface area contributed by atoms with Crippen molar-refractivity contribution in [1.29, 1.82) is 0 Å². The van der Waals surface area contributed by atoms with Crippen molar-refractivity contribution in [2.24, 2.45) is 0 Å². The van der Waals surface area contributed by atoms with Gasteiger partial charge in [-0.3, -0.25) is 4.79 Å². The average Bonchev–Trinajstić information content (AvgIpc) is 3.01. The van der Waals surface area contributed by atoms with Gasteiger partial charge in [-0.05, 0) is 12.8 Å². The molecule has 1 saturated heterocycles. The van der Waals surface area contributed by atoms with Gasteiger partial charge in [-0.25, -0.2) is 0 Å². The van der Waals surface area contributed by atoms with E-state index < -0.39 is 5.97 Å². The number of carboxylic acid groups (broad SMARTS) is 1. The molecule has 0 bridgehead atoms. The normalized spacial score (nSPS) is 19.7. The van der Waals surface area contributed by atoms with Gasteiger partial charge in [-0.1, -0.05) is 11.3 Å². The van der Waals surface area contributed by atoms with Gasteiger partial charge >= 0.3 is 5.97 Å². The monoisotopic (exact) mass is 268 g/mol. The van der Waals surface area contributed by atoms with E-state index in [0.29, 0.717) is 11.4 Å². The van der Waals surface area contributed by atoms with Crippen molar-refractivity contribution in [3.8, 4) is 0 Å². The number of aromatic nitrogens is 4. The van der Waals surface area contributed by atoms with Gasteiger partial charge in [-0.15, -0.1) is 10.2 Å². The van der Waals surface area contributed by atoms with Gasteiger partial charge in [0.05, 0.1) is 6.42 Å². The van der Waals surface area contributed by atoms with Gasteiger partial charge in [0.25, 0.3) is 0 Å². The van der Waals surface area contributed by atoms with Crippen molar-refractivity contribution in [2.45, 2.75) is 31.8 Å². The van der Waals surface area contributed by atoms with E-state index >= 15 is 0 Å². The number of rotatable bonds is 4. The van der Waals surface area contributed by atoms with Crippen molar-refractivity contribution in [3.63, 3.8) is 0 Å². The van der Waals surface area contributed by atoms with Crippen LogP contribution in [0.15, 0.2) is 0 Å². The molecule has 0 amide bonds. The second-order valence-electron chi connectivity index (χ2n) is 4.14. The van der Waals surface area contributed by atoms with Crippen LogP contribution in [-0.2, 0) is 16.0 Å². The maximum atomic E-state index is 10.5. The highest BCUT2D eigenvalue weighted by molar-refractivity contribution is 7.16. The number of carboxylic acids is 1. The van der Waals surface area contributed by atoms with Gasteiger partial charge in [0.15, 0.2) is 5.82 Å². The first kappa shape index (κ1) is 11.5. The lowest BCUT2D eigenvalue weighted by molar-refractivity contribution is -0.136. The Morgan fingerprint density at radius 3 is 3.17 bits per heavy atom. The molecule has 0 aliphatic carbocycles. The molecule has 0 radical (unpaired) electrons. The lowest BCUT2D eigenvalue weighted by Crippen LogP contribution is -2.04. The summed E-state index contributed by atoms with van der Waals surface area (Å²) in [7, 11) is 0. The van der Waals surface area contributed by atoms with E-state index in [4.69, 9.17) is 9.84 Å². The Labute approximate surface area is 106 Å². The molecular formula is C10H12N4O3S. The predicted octanol–water partition coefficient (Wildman–Crippen LogP) is 1.05. The standard InChI is InChI=1S/C10H12N4O3S/c15-8(16)4-3-7-13-14-9(6-2-1-5-17-6)11-12-10(14)18-7/h6H,1-5H2,(H,15,16). The molecule has 1 aliphatic heterocycles. The summed E-state index contributed by atoms with van der Waals surface area (Å²) < 4.78 is 7.24. The topological polar surface area (TPSA) is 89.6 Å². The maximum Gasteiger partial charge on any atom is 0.303 e. The Morgan fingerprint density at radius 2 is 2.44 bits per heavy atom. The number of carbonyl (C=O) groups is 1. The van der Waals surface area contributed by atoms with Crippen LogP contribution in [0.5, 0.6) is 0 Å². The molecule has 1 N–H and O–H groups in total. The first-order chi connectivity index (χ1) is 8.74. The quantitative estimate of drug-likeness (QED) is 0.891. The first-order valence-corrected chi connectivity index (χ1v) is 6.60. The Bertz CT molecular complexity index is 573. The molecule has 3 heterocycles. The number of fused-ring (bicyclic) bond motifs is 1. The summed E-state index contributed by atoms with van der Waals surface area (Å²) >= 11 is 1.38. The molecule has 1 unspecified atom stereocenters. The largest absolute Gasteiger partial charge is 0.481 e. The number of aliphatic carboxylic acids is 1.